The van der Waals surface area contributed by atoms with Gasteiger partial charge in [-0.2, -0.15) is 0 Å². The molecule has 1 aliphatic rings. The molecule has 102 valence electrons. The molecule has 0 saturated carbocycles. The van der Waals surface area contributed by atoms with E-state index >= 15 is 0 Å². The fraction of sp³-hybridized carbons (Fsp3) is 0.133. The van der Waals surface area contributed by atoms with E-state index in [-0.39, 0.29) is 5.75 Å². The number of rotatable bonds is 2. The molecule has 1 N–H and O–H groups in total. The first-order chi connectivity index (χ1) is 9.72. The molecule has 1 aliphatic heterocycles. The molecule has 0 aliphatic carbocycles. The molecular formula is C15H12ClNO3. The van der Waals surface area contributed by atoms with Crippen LogP contribution in [0, 0.1) is 0 Å². The topological polar surface area (TPSA) is 51.1 Å². The van der Waals surface area contributed by atoms with Gasteiger partial charge in [-0.25, -0.2) is 0 Å². The number of hydrogen-bond donors (Lipinski definition) is 1. The van der Waals surface area contributed by atoms with Crippen LogP contribution in [0.5, 0.6) is 17.2 Å². The molecule has 3 rings (SSSR count). The number of halogens is 1. The summed E-state index contributed by atoms with van der Waals surface area (Å²) in [6, 6.07) is 10.3. The van der Waals surface area contributed by atoms with Crippen molar-refractivity contribution in [2.45, 2.75) is 0 Å². The summed E-state index contributed by atoms with van der Waals surface area (Å²) in [5, 5.41) is 10.3. The highest BCUT2D eigenvalue weighted by Gasteiger charge is 2.11. The zero-order chi connectivity index (χ0) is 13.9. The van der Waals surface area contributed by atoms with Gasteiger partial charge >= 0.3 is 0 Å². The molecule has 4 nitrogen and oxygen atoms in total. The maximum absolute atomic E-state index is 9.71. The minimum Gasteiger partial charge on any atom is -0.507 e. The lowest BCUT2D eigenvalue weighted by molar-refractivity contribution is 0.171. The molecule has 0 amide bonds. The van der Waals surface area contributed by atoms with Crippen molar-refractivity contribution in [1.82, 2.24) is 0 Å². The summed E-state index contributed by atoms with van der Waals surface area (Å²) in [6.07, 6.45) is 1.56. The second-order valence-corrected chi connectivity index (χ2v) is 4.73. The van der Waals surface area contributed by atoms with E-state index in [4.69, 9.17) is 21.1 Å². The van der Waals surface area contributed by atoms with E-state index in [0.29, 0.717) is 35.2 Å². The van der Waals surface area contributed by atoms with E-state index in [1.807, 2.05) is 12.1 Å². The van der Waals surface area contributed by atoms with E-state index < -0.39 is 0 Å². The molecule has 2 aromatic rings. The third-order valence-electron chi connectivity index (χ3n) is 2.87. The number of nitrogens with zero attached hydrogens (tertiary/aromatic N) is 1. The number of benzene rings is 2. The average Bonchev–Trinajstić information content (AvgIpc) is 2.48. The van der Waals surface area contributed by atoms with E-state index in [1.165, 1.54) is 6.07 Å². The molecule has 0 aromatic heterocycles. The van der Waals surface area contributed by atoms with Gasteiger partial charge in [-0.3, -0.25) is 4.99 Å². The molecule has 0 atom stereocenters. The van der Waals surface area contributed by atoms with Crippen LogP contribution in [0.15, 0.2) is 41.4 Å². The van der Waals surface area contributed by atoms with Gasteiger partial charge in [0.15, 0.2) is 11.5 Å². The first-order valence-electron chi connectivity index (χ1n) is 6.14. The fourth-order valence-electron chi connectivity index (χ4n) is 1.89. The number of fused-ring (bicyclic) bond motifs is 1. The Morgan fingerprint density at radius 1 is 1.05 bits per heavy atom. The van der Waals surface area contributed by atoms with Gasteiger partial charge in [0.05, 0.1) is 5.69 Å². The van der Waals surface area contributed by atoms with Gasteiger partial charge in [0, 0.05) is 22.9 Å². The van der Waals surface area contributed by atoms with E-state index in [9.17, 15) is 5.11 Å². The van der Waals surface area contributed by atoms with Crippen LogP contribution < -0.4 is 9.47 Å². The van der Waals surface area contributed by atoms with Crippen LogP contribution in [0.1, 0.15) is 5.56 Å². The molecule has 1 heterocycles. The Morgan fingerprint density at radius 2 is 1.85 bits per heavy atom. The highest BCUT2D eigenvalue weighted by atomic mass is 35.5. The van der Waals surface area contributed by atoms with Crippen molar-refractivity contribution in [2.24, 2.45) is 4.99 Å². The van der Waals surface area contributed by atoms with E-state index in [1.54, 1.807) is 24.4 Å². The van der Waals surface area contributed by atoms with Gasteiger partial charge in [-0.1, -0.05) is 11.6 Å². The summed E-state index contributed by atoms with van der Waals surface area (Å²) < 4.78 is 10.9. The number of phenols is 1. The van der Waals surface area contributed by atoms with Crippen molar-refractivity contribution in [1.29, 1.82) is 0 Å². The van der Waals surface area contributed by atoms with Crippen molar-refractivity contribution >= 4 is 23.5 Å². The number of hydrogen-bond acceptors (Lipinski definition) is 4. The Morgan fingerprint density at radius 3 is 2.70 bits per heavy atom. The normalized spacial score (nSPS) is 13.7. The van der Waals surface area contributed by atoms with E-state index in [2.05, 4.69) is 4.99 Å². The molecule has 0 spiro atoms. The number of phenolic OH excluding ortho intramolecular Hbond substituents is 1. The second kappa shape index (κ2) is 5.43. The largest absolute Gasteiger partial charge is 0.507 e. The SMILES string of the molecule is Oc1ccc(Cl)cc1C=Nc1ccc2c(c1)OCCO2. The van der Waals surface area contributed by atoms with Crippen LogP contribution in [0.2, 0.25) is 5.02 Å². The van der Waals surface area contributed by atoms with Crippen LogP contribution in [-0.4, -0.2) is 24.5 Å². The van der Waals surface area contributed by atoms with Crippen molar-refractivity contribution in [2.75, 3.05) is 13.2 Å². The zero-order valence-corrected chi connectivity index (χ0v) is 11.3. The number of ether oxygens (including phenoxy) is 2. The molecule has 0 fully saturated rings. The average molecular weight is 290 g/mol. The predicted molar refractivity (Wildman–Crippen MR) is 77.8 cm³/mol. The maximum Gasteiger partial charge on any atom is 0.163 e. The Kier molecular flexibility index (Phi) is 3.48. The first-order valence-corrected chi connectivity index (χ1v) is 6.52. The van der Waals surface area contributed by atoms with Crippen LogP contribution in [0.3, 0.4) is 0 Å². The standard InChI is InChI=1S/C15H12ClNO3/c16-11-1-3-13(18)10(7-11)9-17-12-2-4-14-15(8-12)20-6-5-19-14/h1-4,7-9,18H,5-6H2. The van der Waals surface area contributed by atoms with Crippen molar-refractivity contribution in [3.63, 3.8) is 0 Å². The lowest BCUT2D eigenvalue weighted by Crippen LogP contribution is -2.14. The fourth-order valence-corrected chi connectivity index (χ4v) is 2.07. The summed E-state index contributed by atoms with van der Waals surface area (Å²) in [4.78, 5) is 4.31. The van der Waals surface area contributed by atoms with E-state index in [0.717, 1.165) is 5.75 Å². The maximum atomic E-state index is 9.71. The Balaban J connectivity index is 1.87. The highest BCUT2D eigenvalue weighted by molar-refractivity contribution is 6.30. The summed E-state index contributed by atoms with van der Waals surface area (Å²) in [6.45, 7) is 1.10. The Labute approximate surface area is 121 Å². The Bertz CT molecular complexity index is 670. The summed E-state index contributed by atoms with van der Waals surface area (Å²) in [5.74, 6) is 1.54. The molecule has 2 aromatic carbocycles. The van der Waals surface area contributed by atoms with Crippen molar-refractivity contribution in [3.05, 3.63) is 47.0 Å². The second-order valence-electron chi connectivity index (χ2n) is 4.29. The van der Waals surface area contributed by atoms with Gasteiger partial charge in [-0.15, -0.1) is 0 Å². The molecule has 0 unspecified atom stereocenters. The van der Waals surface area contributed by atoms with Crippen molar-refractivity contribution < 1.29 is 14.6 Å². The van der Waals surface area contributed by atoms with Crippen LogP contribution in [-0.2, 0) is 0 Å². The molecule has 0 saturated heterocycles. The highest BCUT2D eigenvalue weighted by Crippen LogP contribution is 2.33. The molecular weight excluding hydrogens is 278 g/mol. The van der Waals surface area contributed by atoms with Crippen LogP contribution in [0.25, 0.3) is 0 Å². The lowest BCUT2D eigenvalue weighted by atomic mass is 10.2. The zero-order valence-electron chi connectivity index (χ0n) is 10.5. The van der Waals surface area contributed by atoms with Gasteiger partial charge < -0.3 is 14.6 Å². The lowest BCUT2D eigenvalue weighted by Gasteiger charge is -2.18. The molecule has 20 heavy (non-hydrogen) atoms. The third kappa shape index (κ3) is 2.70. The molecule has 5 heteroatoms. The molecule has 0 radical (unpaired) electrons. The summed E-state index contributed by atoms with van der Waals surface area (Å²) in [5.41, 5.74) is 1.28. The third-order valence-corrected chi connectivity index (χ3v) is 3.10. The van der Waals surface area contributed by atoms with Gasteiger partial charge in [0.25, 0.3) is 0 Å². The summed E-state index contributed by atoms with van der Waals surface area (Å²) in [7, 11) is 0. The minimum atomic E-state index is 0.135. The molecule has 0 bridgehead atoms. The number of aromatic hydroxyl groups is 1. The van der Waals surface area contributed by atoms with Crippen molar-refractivity contribution in [3.8, 4) is 17.2 Å². The quantitative estimate of drug-likeness (QED) is 0.860. The first kappa shape index (κ1) is 12.8. The van der Waals surface area contributed by atoms with Gasteiger partial charge in [-0.05, 0) is 30.3 Å². The van der Waals surface area contributed by atoms with Gasteiger partial charge in [0.2, 0.25) is 0 Å². The smallest absolute Gasteiger partial charge is 0.163 e. The van der Waals surface area contributed by atoms with Crippen LogP contribution >= 0.6 is 11.6 Å². The monoisotopic (exact) mass is 289 g/mol. The minimum absolute atomic E-state index is 0.135. The predicted octanol–water partition coefficient (Wildman–Crippen LogP) is 3.57. The summed E-state index contributed by atoms with van der Waals surface area (Å²) >= 11 is 5.88. The van der Waals surface area contributed by atoms with Crippen LogP contribution in [0.4, 0.5) is 5.69 Å². The number of aliphatic imine (C=N–C) groups is 1. The van der Waals surface area contributed by atoms with Gasteiger partial charge in [0.1, 0.15) is 19.0 Å². The Hall–Kier alpha value is -2.20.